The molecule has 0 aliphatic carbocycles. The number of rotatable bonds is 6. The maximum absolute atomic E-state index is 16.1. The molecule has 46 heavy (non-hydrogen) atoms. The molecule has 2 aliphatic heterocycles. The molecule has 2 aromatic heterocycles. The molecule has 3 aromatic carbocycles. The fourth-order valence-corrected chi connectivity index (χ4v) is 5.96. The number of benzene rings is 3. The number of nitrogens with zero attached hydrogens (tertiary/aromatic N) is 8. The highest BCUT2D eigenvalue weighted by Crippen LogP contribution is 2.50. The summed E-state index contributed by atoms with van der Waals surface area (Å²) in [7, 11) is 0. The van der Waals surface area contributed by atoms with Crippen LogP contribution in [0.4, 0.5) is 18.9 Å². The van der Waals surface area contributed by atoms with Gasteiger partial charge in [0.05, 0.1) is 24.7 Å². The van der Waals surface area contributed by atoms with Gasteiger partial charge in [-0.3, -0.25) is 9.78 Å². The number of tetrazole rings is 1. The first-order valence-corrected chi connectivity index (χ1v) is 14.4. The fourth-order valence-electron chi connectivity index (χ4n) is 5.96. The standard InChI is InChI=1S/C33H25F3N8O2/c34-25-8-11-28-27(15-25)31-39-40-41-44(31)20-32(28,46)33(35,36)29-12-7-24(17-38-29)23-5-1-22(2-6-23)18-43-14-13-42(19-30(43)45)26-9-3-21(16-37)4-10-26/h1-12,15,17,46H,13-14,18-20H2/t32-/m0/s1. The Labute approximate surface area is 261 Å². The maximum atomic E-state index is 16.1. The van der Waals surface area contributed by atoms with E-state index < -0.39 is 29.6 Å². The summed E-state index contributed by atoms with van der Waals surface area (Å²) in [5, 5.41) is 31.5. The summed E-state index contributed by atoms with van der Waals surface area (Å²) in [5.74, 6) is -4.49. The Kier molecular flexibility index (Phi) is 7.01. The van der Waals surface area contributed by atoms with Gasteiger partial charge in [0.1, 0.15) is 11.5 Å². The Morgan fingerprint density at radius 2 is 1.74 bits per heavy atom. The van der Waals surface area contributed by atoms with Crippen LogP contribution in [0.1, 0.15) is 22.4 Å². The van der Waals surface area contributed by atoms with Crippen LogP contribution in [0.5, 0.6) is 0 Å². The number of halogens is 3. The molecule has 10 nitrogen and oxygen atoms in total. The lowest BCUT2D eigenvalue weighted by Gasteiger charge is -2.39. The van der Waals surface area contributed by atoms with Gasteiger partial charge >= 0.3 is 5.92 Å². The average molecular weight is 623 g/mol. The van der Waals surface area contributed by atoms with Crippen LogP contribution in [0.3, 0.4) is 0 Å². The van der Waals surface area contributed by atoms with Crippen molar-refractivity contribution in [1.29, 1.82) is 5.26 Å². The van der Waals surface area contributed by atoms with Gasteiger partial charge in [-0.05, 0) is 64.0 Å². The summed E-state index contributed by atoms with van der Waals surface area (Å²) in [6.45, 7) is 1.21. The van der Waals surface area contributed by atoms with Crippen LogP contribution in [0, 0.1) is 17.1 Å². The van der Waals surface area contributed by atoms with Crippen LogP contribution in [0.25, 0.3) is 22.5 Å². The third-order valence-corrected chi connectivity index (χ3v) is 8.52. The number of pyridine rings is 1. The van der Waals surface area contributed by atoms with Gasteiger partial charge < -0.3 is 14.9 Å². The lowest BCUT2D eigenvalue weighted by molar-refractivity contribution is -0.207. The van der Waals surface area contributed by atoms with E-state index in [-0.39, 0.29) is 29.4 Å². The number of carbonyl (C=O) groups is 1. The third-order valence-electron chi connectivity index (χ3n) is 8.52. The molecule has 0 unspecified atom stereocenters. The van der Waals surface area contributed by atoms with E-state index >= 15 is 8.78 Å². The van der Waals surface area contributed by atoms with E-state index in [1.54, 1.807) is 17.0 Å². The van der Waals surface area contributed by atoms with E-state index in [1.165, 1.54) is 12.3 Å². The molecular weight excluding hydrogens is 597 g/mol. The number of hydrogen-bond donors (Lipinski definition) is 1. The number of fused-ring (bicyclic) bond motifs is 3. The van der Waals surface area contributed by atoms with Crippen molar-refractivity contribution < 1.29 is 23.1 Å². The lowest BCUT2D eigenvalue weighted by atomic mass is 9.80. The molecule has 5 aromatic rings. The second-order valence-electron chi connectivity index (χ2n) is 11.3. The van der Waals surface area contributed by atoms with Gasteiger partial charge in [0.25, 0.3) is 0 Å². The Morgan fingerprint density at radius 1 is 0.978 bits per heavy atom. The predicted molar refractivity (Wildman–Crippen MR) is 159 cm³/mol. The Morgan fingerprint density at radius 3 is 2.43 bits per heavy atom. The quantitative estimate of drug-likeness (QED) is 0.298. The van der Waals surface area contributed by atoms with Crippen LogP contribution in [0.15, 0.2) is 85.1 Å². The van der Waals surface area contributed by atoms with Crippen LogP contribution in [-0.4, -0.2) is 60.7 Å². The molecule has 1 amide bonds. The molecule has 1 saturated heterocycles. The van der Waals surface area contributed by atoms with Crippen molar-refractivity contribution in [2.24, 2.45) is 0 Å². The highest BCUT2D eigenvalue weighted by atomic mass is 19.3. The minimum Gasteiger partial charge on any atom is -0.377 e. The number of hydrogen-bond acceptors (Lipinski definition) is 8. The normalized spacial score (nSPS) is 17.8. The van der Waals surface area contributed by atoms with Crippen molar-refractivity contribution in [3.8, 4) is 28.6 Å². The van der Waals surface area contributed by atoms with Crippen molar-refractivity contribution in [2.75, 3.05) is 24.5 Å². The molecule has 0 saturated carbocycles. The summed E-state index contributed by atoms with van der Waals surface area (Å²) >= 11 is 0. The minimum absolute atomic E-state index is 0.0101. The number of alkyl halides is 2. The molecule has 1 N–H and O–H groups in total. The number of piperazine rings is 1. The number of amides is 1. The summed E-state index contributed by atoms with van der Waals surface area (Å²) in [6, 6.07) is 22.5. The number of anilines is 1. The number of aliphatic hydroxyl groups is 1. The van der Waals surface area contributed by atoms with Crippen LogP contribution in [0.2, 0.25) is 0 Å². The Bertz CT molecular complexity index is 1970. The molecule has 7 rings (SSSR count). The van der Waals surface area contributed by atoms with Gasteiger partial charge in [0.2, 0.25) is 5.91 Å². The van der Waals surface area contributed by atoms with E-state index in [0.717, 1.165) is 45.8 Å². The smallest absolute Gasteiger partial charge is 0.323 e. The summed E-state index contributed by atoms with van der Waals surface area (Å²) < 4.78 is 47.2. The SMILES string of the molecule is N#Cc1ccc(N2CCN(Cc3ccc(-c4ccc(C(F)(F)[C@]5(O)Cn6nnnc6-c6cc(F)ccc65)nc4)cc3)C(=O)C2)cc1. The number of carbonyl (C=O) groups excluding carboxylic acids is 1. The molecule has 13 heteroatoms. The van der Waals surface area contributed by atoms with E-state index in [4.69, 9.17) is 5.26 Å². The second kappa shape index (κ2) is 11.1. The zero-order chi connectivity index (χ0) is 32.1. The number of aromatic nitrogens is 5. The number of nitriles is 1. The Balaban J connectivity index is 1.04. The first-order chi connectivity index (χ1) is 22.2. The van der Waals surface area contributed by atoms with Crippen molar-refractivity contribution >= 4 is 11.6 Å². The third kappa shape index (κ3) is 4.93. The molecular formula is C33H25F3N8O2. The molecule has 0 radical (unpaired) electrons. The zero-order valence-corrected chi connectivity index (χ0v) is 24.2. The van der Waals surface area contributed by atoms with Gasteiger partial charge in [-0.15, -0.1) is 5.10 Å². The maximum Gasteiger partial charge on any atom is 0.323 e. The van der Waals surface area contributed by atoms with Gasteiger partial charge in [-0.2, -0.15) is 14.0 Å². The van der Waals surface area contributed by atoms with Crippen molar-refractivity contribution in [2.45, 2.75) is 24.6 Å². The summed E-state index contributed by atoms with van der Waals surface area (Å²) in [5.41, 5.74) is 0.00900. The lowest BCUT2D eigenvalue weighted by Crippen LogP contribution is -2.50. The summed E-state index contributed by atoms with van der Waals surface area (Å²) in [4.78, 5) is 20.7. The Hall–Kier alpha value is -5.61. The molecule has 1 atom stereocenters. The van der Waals surface area contributed by atoms with Crippen LogP contribution >= 0.6 is 0 Å². The molecule has 4 heterocycles. The van der Waals surface area contributed by atoms with E-state index in [9.17, 15) is 14.3 Å². The topological polar surface area (TPSA) is 124 Å². The molecule has 1 fully saturated rings. The van der Waals surface area contributed by atoms with E-state index in [2.05, 4.69) is 26.6 Å². The fraction of sp³-hybridized carbons (Fsp3) is 0.212. The molecule has 0 bridgehead atoms. The van der Waals surface area contributed by atoms with E-state index in [1.807, 2.05) is 41.3 Å². The molecule has 2 aliphatic rings. The first kappa shape index (κ1) is 29.1. The minimum atomic E-state index is -3.89. The molecule has 0 spiro atoms. The van der Waals surface area contributed by atoms with Crippen molar-refractivity contribution in [3.05, 3.63) is 113 Å². The highest BCUT2D eigenvalue weighted by molar-refractivity contribution is 5.83. The largest absolute Gasteiger partial charge is 0.377 e. The molecule has 230 valence electrons. The first-order valence-electron chi connectivity index (χ1n) is 14.4. The monoisotopic (exact) mass is 622 g/mol. The van der Waals surface area contributed by atoms with Crippen molar-refractivity contribution in [1.82, 2.24) is 30.1 Å². The second-order valence-corrected chi connectivity index (χ2v) is 11.3. The van der Waals surface area contributed by atoms with Crippen LogP contribution in [-0.2, 0) is 29.4 Å². The van der Waals surface area contributed by atoms with Crippen LogP contribution < -0.4 is 4.90 Å². The average Bonchev–Trinajstić information content (AvgIpc) is 3.54. The van der Waals surface area contributed by atoms with Crippen molar-refractivity contribution in [3.63, 3.8) is 0 Å². The van der Waals surface area contributed by atoms with Gasteiger partial charge in [-0.25, -0.2) is 9.07 Å². The summed E-state index contributed by atoms with van der Waals surface area (Å²) in [6.07, 6.45) is 1.31. The van der Waals surface area contributed by atoms with E-state index in [0.29, 0.717) is 30.8 Å². The van der Waals surface area contributed by atoms with Gasteiger partial charge in [0, 0.05) is 48.2 Å². The van der Waals surface area contributed by atoms with Gasteiger partial charge in [0.15, 0.2) is 11.4 Å². The predicted octanol–water partition coefficient (Wildman–Crippen LogP) is 4.25. The highest BCUT2D eigenvalue weighted by Gasteiger charge is 2.59. The van der Waals surface area contributed by atoms with Gasteiger partial charge in [-0.1, -0.05) is 36.4 Å². The zero-order valence-electron chi connectivity index (χ0n) is 24.2.